The predicted molar refractivity (Wildman–Crippen MR) is 80.0 cm³/mol. The topological polar surface area (TPSA) is 38.3 Å². The van der Waals surface area contributed by atoms with Gasteiger partial charge in [-0.05, 0) is 37.0 Å². The van der Waals surface area contributed by atoms with E-state index >= 15 is 0 Å². The van der Waals surface area contributed by atoms with E-state index < -0.39 is 0 Å². The number of amides is 1. The molecular weight excluding hydrogens is 306 g/mol. The number of methoxy groups -OCH3 is 1. The molecule has 1 aliphatic carbocycles. The second-order valence-corrected chi connectivity index (χ2v) is 5.66. The third-order valence-electron chi connectivity index (χ3n) is 3.76. The van der Waals surface area contributed by atoms with Gasteiger partial charge in [-0.1, -0.05) is 34.8 Å². The Morgan fingerprint density at radius 3 is 2.95 bits per heavy atom. The highest BCUT2D eigenvalue weighted by molar-refractivity contribution is 9.09. The third kappa shape index (κ3) is 3.72. The highest BCUT2D eigenvalue weighted by Crippen LogP contribution is 2.26. The van der Waals surface area contributed by atoms with E-state index in [1.54, 1.807) is 13.2 Å². The lowest BCUT2D eigenvalue weighted by molar-refractivity contribution is 0.0911. The fourth-order valence-corrected chi connectivity index (χ4v) is 3.37. The van der Waals surface area contributed by atoms with E-state index in [2.05, 4.69) is 21.2 Å². The molecule has 1 fully saturated rings. The Labute approximate surface area is 122 Å². The van der Waals surface area contributed by atoms with Crippen LogP contribution >= 0.6 is 15.9 Å². The molecule has 0 spiro atoms. The second kappa shape index (κ2) is 6.94. The SMILES string of the molecule is COc1cccc(C(=O)NC2CCCCC2CBr)c1. The first-order valence-corrected chi connectivity index (χ1v) is 7.87. The van der Waals surface area contributed by atoms with E-state index in [0.717, 1.165) is 11.8 Å². The van der Waals surface area contributed by atoms with Crippen molar-refractivity contribution >= 4 is 21.8 Å². The van der Waals surface area contributed by atoms with Crippen LogP contribution in [0.1, 0.15) is 36.0 Å². The summed E-state index contributed by atoms with van der Waals surface area (Å²) in [4.78, 5) is 12.3. The first-order chi connectivity index (χ1) is 9.24. The van der Waals surface area contributed by atoms with Gasteiger partial charge < -0.3 is 10.1 Å². The number of hydrogen-bond donors (Lipinski definition) is 1. The summed E-state index contributed by atoms with van der Waals surface area (Å²) < 4.78 is 5.15. The van der Waals surface area contributed by atoms with Crippen molar-refractivity contribution in [1.82, 2.24) is 5.32 Å². The van der Waals surface area contributed by atoms with Crippen molar-refractivity contribution < 1.29 is 9.53 Å². The molecule has 1 aliphatic rings. The molecule has 1 aromatic rings. The summed E-state index contributed by atoms with van der Waals surface area (Å²) >= 11 is 3.55. The van der Waals surface area contributed by atoms with Crippen molar-refractivity contribution in [3.63, 3.8) is 0 Å². The van der Waals surface area contributed by atoms with E-state index in [1.807, 2.05) is 18.2 Å². The number of rotatable bonds is 4. The number of nitrogens with one attached hydrogen (secondary N) is 1. The quantitative estimate of drug-likeness (QED) is 0.862. The first-order valence-electron chi connectivity index (χ1n) is 6.75. The molecular formula is C15H20BrNO2. The van der Waals surface area contributed by atoms with Crippen molar-refractivity contribution in [2.75, 3.05) is 12.4 Å². The number of carbonyl (C=O) groups excluding carboxylic acids is 1. The van der Waals surface area contributed by atoms with Gasteiger partial charge in [0.2, 0.25) is 0 Å². The van der Waals surface area contributed by atoms with Crippen LogP contribution in [-0.2, 0) is 0 Å². The van der Waals surface area contributed by atoms with E-state index in [4.69, 9.17) is 4.74 Å². The number of ether oxygens (including phenoxy) is 1. The summed E-state index contributed by atoms with van der Waals surface area (Å²) in [5.74, 6) is 1.26. The summed E-state index contributed by atoms with van der Waals surface area (Å²) in [5, 5.41) is 4.12. The summed E-state index contributed by atoms with van der Waals surface area (Å²) in [6.07, 6.45) is 4.73. The van der Waals surface area contributed by atoms with Gasteiger partial charge in [0.15, 0.2) is 0 Å². The van der Waals surface area contributed by atoms with Crippen LogP contribution in [-0.4, -0.2) is 24.4 Å². The molecule has 104 valence electrons. The standard InChI is InChI=1S/C15H20BrNO2/c1-19-13-7-4-6-11(9-13)15(18)17-14-8-3-2-5-12(14)10-16/h4,6-7,9,12,14H,2-3,5,8,10H2,1H3,(H,17,18). The van der Waals surface area contributed by atoms with Gasteiger partial charge in [0.25, 0.3) is 5.91 Å². The molecule has 1 aromatic carbocycles. The van der Waals surface area contributed by atoms with Crippen molar-refractivity contribution in [2.45, 2.75) is 31.7 Å². The summed E-state index contributed by atoms with van der Waals surface area (Å²) in [7, 11) is 1.61. The number of carbonyl (C=O) groups is 1. The lowest BCUT2D eigenvalue weighted by Gasteiger charge is -2.31. The second-order valence-electron chi connectivity index (χ2n) is 5.01. The third-order valence-corrected chi connectivity index (χ3v) is 4.59. The maximum atomic E-state index is 12.3. The molecule has 1 N–H and O–H groups in total. The van der Waals surface area contributed by atoms with Gasteiger partial charge in [-0.25, -0.2) is 0 Å². The highest BCUT2D eigenvalue weighted by Gasteiger charge is 2.25. The Morgan fingerprint density at radius 1 is 1.42 bits per heavy atom. The Morgan fingerprint density at radius 2 is 2.21 bits per heavy atom. The summed E-state index contributed by atoms with van der Waals surface area (Å²) in [5.41, 5.74) is 0.665. The maximum Gasteiger partial charge on any atom is 0.251 e. The number of halogens is 1. The first kappa shape index (κ1) is 14.4. The minimum Gasteiger partial charge on any atom is -0.497 e. The van der Waals surface area contributed by atoms with Crippen molar-refractivity contribution in [3.05, 3.63) is 29.8 Å². The van der Waals surface area contributed by atoms with Crippen LogP contribution in [0.5, 0.6) is 5.75 Å². The molecule has 0 heterocycles. The van der Waals surface area contributed by atoms with Crippen molar-refractivity contribution in [2.24, 2.45) is 5.92 Å². The zero-order chi connectivity index (χ0) is 13.7. The average Bonchev–Trinajstić information content (AvgIpc) is 2.47. The van der Waals surface area contributed by atoms with Crippen LogP contribution in [0.15, 0.2) is 24.3 Å². The fraction of sp³-hybridized carbons (Fsp3) is 0.533. The van der Waals surface area contributed by atoms with Crippen LogP contribution < -0.4 is 10.1 Å². The van der Waals surface area contributed by atoms with Crippen LogP contribution in [0, 0.1) is 5.92 Å². The Kier molecular flexibility index (Phi) is 5.25. The van der Waals surface area contributed by atoms with Gasteiger partial charge >= 0.3 is 0 Å². The van der Waals surface area contributed by atoms with Gasteiger partial charge in [-0.2, -0.15) is 0 Å². The molecule has 2 rings (SSSR count). The number of benzene rings is 1. The van der Waals surface area contributed by atoms with E-state index in [-0.39, 0.29) is 11.9 Å². The molecule has 0 aromatic heterocycles. The molecule has 1 amide bonds. The molecule has 4 heteroatoms. The smallest absolute Gasteiger partial charge is 0.251 e. The normalized spacial score (nSPS) is 22.8. The van der Waals surface area contributed by atoms with Crippen LogP contribution in [0.4, 0.5) is 0 Å². The van der Waals surface area contributed by atoms with Crippen LogP contribution in [0.25, 0.3) is 0 Å². The lowest BCUT2D eigenvalue weighted by Crippen LogP contribution is -2.42. The van der Waals surface area contributed by atoms with Gasteiger partial charge in [0.1, 0.15) is 5.75 Å². The monoisotopic (exact) mass is 325 g/mol. The van der Waals surface area contributed by atoms with Crippen molar-refractivity contribution in [1.29, 1.82) is 0 Å². The van der Waals surface area contributed by atoms with Gasteiger partial charge in [0.05, 0.1) is 7.11 Å². The average molecular weight is 326 g/mol. The van der Waals surface area contributed by atoms with E-state index in [0.29, 0.717) is 17.2 Å². The zero-order valence-electron chi connectivity index (χ0n) is 11.2. The zero-order valence-corrected chi connectivity index (χ0v) is 12.8. The predicted octanol–water partition coefficient (Wildman–Crippen LogP) is 3.38. The minimum atomic E-state index is -0.00301. The molecule has 0 saturated heterocycles. The van der Waals surface area contributed by atoms with Gasteiger partial charge in [-0.15, -0.1) is 0 Å². The number of hydrogen-bond acceptors (Lipinski definition) is 2. The van der Waals surface area contributed by atoms with Crippen LogP contribution in [0.2, 0.25) is 0 Å². The molecule has 19 heavy (non-hydrogen) atoms. The molecule has 1 saturated carbocycles. The molecule has 2 unspecified atom stereocenters. The van der Waals surface area contributed by atoms with E-state index in [1.165, 1.54) is 19.3 Å². The fourth-order valence-electron chi connectivity index (χ4n) is 2.60. The Bertz CT molecular complexity index is 436. The van der Waals surface area contributed by atoms with Crippen molar-refractivity contribution in [3.8, 4) is 5.75 Å². The summed E-state index contributed by atoms with van der Waals surface area (Å²) in [6.45, 7) is 0. The maximum absolute atomic E-state index is 12.3. The molecule has 0 aliphatic heterocycles. The molecule has 2 atom stereocenters. The molecule has 0 radical (unpaired) electrons. The minimum absolute atomic E-state index is 0.00301. The molecule has 0 bridgehead atoms. The Hall–Kier alpha value is -1.03. The largest absolute Gasteiger partial charge is 0.497 e. The van der Waals surface area contributed by atoms with Gasteiger partial charge in [-0.3, -0.25) is 4.79 Å². The Balaban J connectivity index is 2.02. The van der Waals surface area contributed by atoms with Gasteiger partial charge in [0, 0.05) is 16.9 Å². The summed E-state index contributed by atoms with van der Waals surface area (Å²) in [6, 6.07) is 7.58. The number of alkyl halides is 1. The molecule has 3 nitrogen and oxygen atoms in total. The highest BCUT2D eigenvalue weighted by atomic mass is 79.9. The van der Waals surface area contributed by atoms with Crippen LogP contribution in [0.3, 0.4) is 0 Å². The lowest BCUT2D eigenvalue weighted by atomic mass is 9.86. The van der Waals surface area contributed by atoms with E-state index in [9.17, 15) is 4.79 Å².